The maximum atomic E-state index is 4.24. The van der Waals surface area contributed by atoms with Crippen LogP contribution in [0.3, 0.4) is 0 Å². The summed E-state index contributed by atoms with van der Waals surface area (Å²) in [7, 11) is 0. The molecule has 13 heavy (non-hydrogen) atoms. The molecule has 0 bridgehead atoms. The molecule has 0 aromatic carbocycles. The van der Waals surface area contributed by atoms with Crippen LogP contribution in [0.1, 0.15) is 19.0 Å². The number of hydrogen-bond acceptors (Lipinski definition) is 3. The minimum absolute atomic E-state index is 0.333. The summed E-state index contributed by atoms with van der Waals surface area (Å²) in [4.78, 5) is 8.34. The summed E-state index contributed by atoms with van der Waals surface area (Å²) >= 11 is 0. The molecule has 1 aromatic heterocycles. The molecule has 0 saturated carbocycles. The monoisotopic (exact) mass is 177 g/mol. The van der Waals surface area contributed by atoms with Crippen LogP contribution >= 0.6 is 0 Å². The van der Waals surface area contributed by atoms with Gasteiger partial charge in [-0.1, -0.05) is 6.08 Å². The molecule has 1 unspecified atom stereocenters. The lowest BCUT2D eigenvalue weighted by atomic mass is 10.2. The van der Waals surface area contributed by atoms with E-state index in [1.165, 1.54) is 0 Å². The summed E-state index contributed by atoms with van der Waals surface area (Å²) in [5.41, 5.74) is 0.975. The lowest BCUT2D eigenvalue weighted by Crippen LogP contribution is -2.16. The number of rotatable bonds is 4. The van der Waals surface area contributed by atoms with Crippen LogP contribution < -0.4 is 5.32 Å². The van der Waals surface area contributed by atoms with Crippen molar-refractivity contribution in [3.8, 4) is 0 Å². The van der Waals surface area contributed by atoms with Gasteiger partial charge in [-0.2, -0.15) is 0 Å². The fourth-order valence-electron chi connectivity index (χ4n) is 1.05. The molecule has 0 aliphatic heterocycles. The zero-order valence-corrected chi connectivity index (χ0v) is 8.12. The highest BCUT2D eigenvalue weighted by atomic mass is 15.1. The second-order valence-electron chi connectivity index (χ2n) is 3.09. The van der Waals surface area contributed by atoms with Crippen molar-refractivity contribution in [1.82, 2.24) is 9.97 Å². The Bertz CT molecular complexity index is 283. The molecular weight excluding hydrogens is 162 g/mol. The van der Waals surface area contributed by atoms with E-state index >= 15 is 0 Å². The van der Waals surface area contributed by atoms with Crippen LogP contribution in [0.2, 0.25) is 0 Å². The Hall–Kier alpha value is -1.38. The largest absolute Gasteiger partial charge is 0.351 e. The van der Waals surface area contributed by atoms with Gasteiger partial charge < -0.3 is 5.32 Å². The van der Waals surface area contributed by atoms with Crippen LogP contribution in [0, 0.1) is 6.92 Å². The van der Waals surface area contributed by atoms with Gasteiger partial charge in [0.2, 0.25) is 5.95 Å². The highest BCUT2D eigenvalue weighted by Gasteiger charge is 2.00. The van der Waals surface area contributed by atoms with Crippen LogP contribution in [0.15, 0.2) is 24.9 Å². The van der Waals surface area contributed by atoms with Crippen molar-refractivity contribution in [1.29, 1.82) is 0 Å². The molecule has 0 aliphatic rings. The number of aryl methyl sites for hydroxylation is 1. The number of aromatic nitrogens is 2. The van der Waals surface area contributed by atoms with Gasteiger partial charge in [-0.05, 0) is 26.3 Å². The molecule has 0 fully saturated rings. The maximum Gasteiger partial charge on any atom is 0.223 e. The average molecular weight is 177 g/mol. The van der Waals surface area contributed by atoms with Crippen molar-refractivity contribution < 1.29 is 0 Å². The van der Waals surface area contributed by atoms with Crippen LogP contribution in [-0.2, 0) is 0 Å². The molecule has 0 aliphatic carbocycles. The highest BCUT2D eigenvalue weighted by molar-refractivity contribution is 5.26. The summed E-state index contributed by atoms with van der Waals surface area (Å²) in [5, 5.41) is 3.19. The quantitative estimate of drug-likeness (QED) is 0.716. The van der Waals surface area contributed by atoms with E-state index < -0.39 is 0 Å². The highest BCUT2D eigenvalue weighted by Crippen LogP contribution is 2.03. The molecule has 1 aromatic rings. The van der Waals surface area contributed by atoms with E-state index in [4.69, 9.17) is 0 Å². The minimum Gasteiger partial charge on any atom is -0.351 e. The van der Waals surface area contributed by atoms with E-state index in [1.807, 2.05) is 19.1 Å². The number of nitrogens with zero attached hydrogens (tertiary/aromatic N) is 2. The first-order chi connectivity index (χ1) is 6.22. The zero-order chi connectivity index (χ0) is 9.68. The maximum absolute atomic E-state index is 4.24. The Morgan fingerprint density at radius 1 is 1.69 bits per heavy atom. The number of hydrogen-bond donors (Lipinski definition) is 1. The lowest BCUT2D eigenvalue weighted by molar-refractivity contribution is 0.797. The number of anilines is 1. The first-order valence-electron chi connectivity index (χ1n) is 4.39. The molecule has 1 atom stereocenters. The van der Waals surface area contributed by atoms with Gasteiger partial charge in [0, 0.05) is 17.9 Å². The first-order valence-corrected chi connectivity index (χ1v) is 4.39. The molecule has 3 nitrogen and oxygen atoms in total. The van der Waals surface area contributed by atoms with Gasteiger partial charge in [0.15, 0.2) is 0 Å². The fraction of sp³-hybridized carbons (Fsp3) is 0.400. The zero-order valence-electron chi connectivity index (χ0n) is 8.12. The van der Waals surface area contributed by atoms with Gasteiger partial charge >= 0.3 is 0 Å². The van der Waals surface area contributed by atoms with Crippen LogP contribution in [0.4, 0.5) is 5.95 Å². The van der Waals surface area contributed by atoms with Gasteiger partial charge in [-0.25, -0.2) is 9.97 Å². The smallest absolute Gasteiger partial charge is 0.223 e. The summed E-state index contributed by atoms with van der Waals surface area (Å²) in [6.07, 6.45) is 4.55. The lowest BCUT2D eigenvalue weighted by Gasteiger charge is -2.10. The molecule has 0 spiro atoms. The van der Waals surface area contributed by atoms with Crippen LogP contribution in [0.5, 0.6) is 0 Å². The topological polar surface area (TPSA) is 37.8 Å². The molecule has 3 heteroatoms. The predicted molar refractivity (Wildman–Crippen MR) is 54.7 cm³/mol. The molecule has 0 saturated heterocycles. The Morgan fingerprint density at radius 2 is 2.46 bits per heavy atom. The third-order valence-electron chi connectivity index (χ3n) is 1.69. The normalized spacial score (nSPS) is 12.2. The third-order valence-corrected chi connectivity index (χ3v) is 1.69. The molecule has 1 N–H and O–H groups in total. The molecule has 70 valence electrons. The Labute approximate surface area is 78.9 Å². The predicted octanol–water partition coefficient (Wildman–Crippen LogP) is 2.16. The molecule has 1 rings (SSSR count). The van der Waals surface area contributed by atoms with Gasteiger partial charge in [0.05, 0.1) is 0 Å². The van der Waals surface area contributed by atoms with Crippen molar-refractivity contribution in [2.75, 3.05) is 5.32 Å². The van der Waals surface area contributed by atoms with E-state index in [9.17, 15) is 0 Å². The first kappa shape index (κ1) is 9.71. The van der Waals surface area contributed by atoms with Crippen LogP contribution in [-0.4, -0.2) is 16.0 Å². The van der Waals surface area contributed by atoms with E-state index in [-0.39, 0.29) is 0 Å². The second-order valence-corrected chi connectivity index (χ2v) is 3.09. The summed E-state index contributed by atoms with van der Waals surface area (Å²) in [6.45, 7) is 7.71. The van der Waals surface area contributed by atoms with Crippen molar-refractivity contribution in [3.63, 3.8) is 0 Å². The molecule has 0 radical (unpaired) electrons. The SMILES string of the molecule is C=CCC(C)Nc1nccc(C)n1. The van der Waals surface area contributed by atoms with E-state index in [0.29, 0.717) is 12.0 Å². The fourth-order valence-corrected chi connectivity index (χ4v) is 1.05. The van der Waals surface area contributed by atoms with Crippen LogP contribution in [0.25, 0.3) is 0 Å². The summed E-state index contributed by atoms with van der Waals surface area (Å²) < 4.78 is 0. The molecular formula is C10H15N3. The summed E-state index contributed by atoms with van der Waals surface area (Å²) in [5.74, 6) is 0.689. The van der Waals surface area contributed by atoms with E-state index in [1.54, 1.807) is 6.20 Å². The van der Waals surface area contributed by atoms with Crippen molar-refractivity contribution in [2.24, 2.45) is 0 Å². The van der Waals surface area contributed by atoms with Crippen molar-refractivity contribution in [2.45, 2.75) is 26.3 Å². The second kappa shape index (κ2) is 4.60. The average Bonchev–Trinajstić information content (AvgIpc) is 2.04. The van der Waals surface area contributed by atoms with E-state index in [2.05, 4.69) is 28.8 Å². The van der Waals surface area contributed by atoms with Crippen molar-refractivity contribution >= 4 is 5.95 Å². The third kappa shape index (κ3) is 3.23. The van der Waals surface area contributed by atoms with Gasteiger partial charge in [-0.3, -0.25) is 0 Å². The Kier molecular flexibility index (Phi) is 3.43. The minimum atomic E-state index is 0.333. The molecule has 0 amide bonds. The standard InChI is InChI=1S/C10H15N3/c1-4-5-8(2)12-10-11-7-6-9(3)13-10/h4,6-8H,1,5H2,2-3H3,(H,11,12,13). The van der Waals surface area contributed by atoms with Crippen molar-refractivity contribution in [3.05, 3.63) is 30.6 Å². The molecule has 1 heterocycles. The number of nitrogens with one attached hydrogen (secondary N) is 1. The van der Waals surface area contributed by atoms with E-state index in [0.717, 1.165) is 12.1 Å². The van der Waals surface area contributed by atoms with Gasteiger partial charge in [0.25, 0.3) is 0 Å². The van der Waals surface area contributed by atoms with Gasteiger partial charge in [0.1, 0.15) is 0 Å². The van der Waals surface area contributed by atoms with Gasteiger partial charge in [-0.15, -0.1) is 6.58 Å². The Balaban J connectivity index is 2.58. The summed E-state index contributed by atoms with van der Waals surface area (Å²) in [6, 6.07) is 2.21. The Morgan fingerprint density at radius 3 is 3.08 bits per heavy atom.